The van der Waals surface area contributed by atoms with Crippen LogP contribution >= 0.6 is 0 Å². The second-order valence-electron chi connectivity index (χ2n) is 6.77. The summed E-state index contributed by atoms with van der Waals surface area (Å²) in [4.78, 5) is 13.9. The maximum Gasteiger partial charge on any atom is 0.240 e. The van der Waals surface area contributed by atoms with Crippen molar-refractivity contribution in [2.45, 2.75) is 37.8 Å². The highest BCUT2D eigenvalue weighted by atomic mass is 32.2. The second kappa shape index (κ2) is 7.70. The predicted molar refractivity (Wildman–Crippen MR) is 102 cm³/mol. The minimum atomic E-state index is -3.64. The number of carbonyl (C=O) groups excluding carboxylic acids is 1. The van der Waals surface area contributed by atoms with Gasteiger partial charge in [0, 0.05) is 31.2 Å². The lowest BCUT2D eigenvalue weighted by Gasteiger charge is -2.33. The van der Waals surface area contributed by atoms with Gasteiger partial charge in [-0.1, -0.05) is 36.4 Å². The first-order valence-corrected chi connectivity index (χ1v) is 10.3. The van der Waals surface area contributed by atoms with Crippen LogP contribution in [-0.2, 0) is 23.0 Å². The first kappa shape index (κ1) is 18.8. The van der Waals surface area contributed by atoms with E-state index in [0.29, 0.717) is 12.1 Å². The largest absolute Gasteiger partial charge is 0.295 e. The summed E-state index contributed by atoms with van der Waals surface area (Å²) in [5, 5.41) is 0. The van der Waals surface area contributed by atoms with Crippen molar-refractivity contribution in [1.29, 1.82) is 0 Å². The monoisotopic (exact) mass is 372 g/mol. The van der Waals surface area contributed by atoms with Crippen molar-refractivity contribution in [3.8, 4) is 0 Å². The quantitative estimate of drug-likeness (QED) is 0.792. The van der Waals surface area contributed by atoms with E-state index in [1.807, 2.05) is 13.0 Å². The van der Waals surface area contributed by atoms with Gasteiger partial charge >= 0.3 is 0 Å². The third-order valence-electron chi connectivity index (χ3n) is 4.90. The third kappa shape index (κ3) is 4.20. The van der Waals surface area contributed by atoms with E-state index in [2.05, 4.69) is 27.8 Å². The third-order valence-corrected chi connectivity index (χ3v) is 6.32. The molecule has 0 bridgehead atoms. The van der Waals surface area contributed by atoms with Gasteiger partial charge in [0.1, 0.15) is 0 Å². The van der Waals surface area contributed by atoms with E-state index in [-0.39, 0.29) is 16.7 Å². The van der Waals surface area contributed by atoms with E-state index in [9.17, 15) is 13.2 Å². The zero-order chi connectivity index (χ0) is 18.7. The zero-order valence-electron chi connectivity index (χ0n) is 15.1. The van der Waals surface area contributed by atoms with Gasteiger partial charge in [-0.3, -0.25) is 9.69 Å². The topological polar surface area (TPSA) is 66.5 Å². The Balaban J connectivity index is 1.65. The molecule has 0 aromatic heterocycles. The fraction of sp³-hybridized carbons (Fsp3) is 0.350. The first-order chi connectivity index (χ1) is 12.4. The molecule has 5 nitrogen and oxygen atoms in total. The van der Waals surface area contributed by atoms with Crippen molar-refractivity contribution in [2.75, 3.05) is 13.1 Å². The fourth-order valence-corrected chi connectivity index (χ4v) is 4.39. The molecule has 26 heavy (non-hydrogen) atoms. The average molecular weight is 372 g/mol. The smallest absolute Gasteiger partial charge is 0.240 e. The van der Waals surface area contributed by atoms with Crippen LogP contribution in [0.5, 0.6) is 0 Å². The number of hydrogen-bond donors (Lipinski definition) is 1. The molecular formula is C20H24N2O3S. The number of Topliss-reactive ketones (excluding diaryl/α,β-unsaturated/α-hetero) is 1. The average Bonchev–Trinajstić information content (AvgIpc) is 2.66. The maximum absolute atomic E-state index is 12.6. The Labute approximate surface area is 155 Å². The van der Waals surface area contributed by atoms with Gasteiger partial charge in [0.15, 0.2) is 5.78 Å². The van der Waals surface area contributed by atoms with Crippen LogP contribution in [0.1, 0.15) is 35.3 Å². The summed E-state index contributed by atoms with van der Waals surface area (Å²) >= 11 is 0. The Hall–Kier alpha value is -2.02. The predicted octanol–water partition coefficient (Wildman–Crippen LogP) is 2.61. The summed E-state index contributed by atoms with van der Waals surface area (Å²) in [6, 6.07) is 14.6. The van der Waals surface area contributed by atoms with Crippen molar-refractivity contribution in [2.24, 2.45) is 0 Å². The van der Waals surface area contributed by atoms with Gasteiger partial charge in [0.2, 0.25) is 10.0 Å². The number of benzene rings is 2. The molecule has 1 aliphatic heterocycles. The fourth-order valence-electron chi connectivity index (χ4n) is 3.22. The van der Waals surface area contributed by atoms with Gasteiger partial charge < -0.3 is 0 Å². The van der Waals surface area contributed by atoms with E-state index >= 15 is 0 Å². The lowest BCUT2D eigenvalue weighted by molar-refractivity contribution is 0.101. The van der Waals surface area contributed by atoms with Gasteiger partial charge in [0.05, 0.1) is 4.90 Å². The molecule has 0 spiro atoms. The van der Waals surface area contributed by atoms with Crippen LogP contribution in [0.2, 0.25) is 0 Å². The molecule has 0 amide bonds. The van der Waals surface area contributed by atoms with Gasteiger partial charge in [-0.15, -0.1) is 0 Å². The molecule has 1 unspecified atom stereocenters. The number of fused-ring (bicyclic) bond motifs is 1. The summed E-state index contributed by atoms with van der Waals surface area (Å²) in [5.74, 6) is -0.151. The normalized spacial score (nSPS) is 16.1. The van der Waals surface area contributed by atoms with Crippen LogP contribution in [0.15, 0.2) is 53.4 Å². The molecule has 0 saturated carbocycles. The first-order valence-electron chi connectivity index (χ1n) is 8.78. The van der Waals surface area contributed by atoms with E-state index in [1.165, 1.54) is 30.2 Å². The number of nitrogens with one attached hydrogen (secondary N) is 1. The minimum Gasteiger partial charge on any atom is -0.295 e. The summed E-state index contributed by atoms with van der Waals surface area (Å²) in [6.07, 6.45) is 0.980. The molecule has 0 aliphatic carbocycles. The van der Waals surface area contributed by atoms with Crippen LogP contribution in [0.3, 0.4) is 0 Å². The second-order valence-corrected chi connectivity index (χ2v) is 8.54. The Morgan fingerprint density at radius 3 is 2.62 bits per heavy atom. The number of rotatable bonds is 6. The van der Waals surface area contributed by atoms with Gasteiger partial charge in [-0.25, -0.2) is 13.1 Å². The molecule has 3 rings (SSSR count). The van der Waals surface area contributed by atoms with Crippen molar-refractivity contribution < 1.29 is 13.2 Å². The van der Waals surface area contributed by atoms with E-state index in [0.717, 1.165) is 19.5 Å². The number of ketones is 1. The molecular weight excluding hydrogens is 348 g/mol. The maximum atomic E-state index is 12.6. The van der Waals surface area contributed by atoms with E-state index in [1.54, 1.807) is 12.1 Å². The number of sulfonamides is 1. The SMILES string of the molecule is CC(=O)c1cccc(S(=O)(=O)NCC(C)N2CCc3ccccc3C2)c1. The van der Waals surface area contributed by atoms with Gasteiger partial charge in [-0.2, -0.15) is 0 Å². The number of carbonyl (C=O) groups is 1. The van der Waals surface area contributed by atoms with Crippen molar-refractivity contribution in [3.05, 3.63) is 65.2 Å². The van der Waals surface area contributed by atoms with Crippen molar-refractivity contribution in [3.63, 3.8) is 0 Å². The van der Waals surface area contributed by atoms with Crippen LogP contribution in [-0.4, -0.2) is 38.2 Å². The molecule has 1 atom stereocenters. The zero-order valence-corrected chi connectivity index (χ0v) is 15.9. The number of nitrogens with zero attached hydrogens (tertiary/aromatic N) is 1. The van der Waals surface area contributed by atoms with E-state index < -0.39 is 10.0 Å². The van der Waals surface area contributed by atoms with Crippen LogP contribution in [0.25, 0.3) is 0 Å². The van der Waals surface area contributed by atoms with E-state index in [4.69, 9.17) is 0 Å². The molecule has 0 fully saturated rings. The summed E-state index contributed by atoms with van der Waals surface area (Å²) in [5.41, 5.74) is 3.08. The molecule has 1 aliphatic rings. The lowest BCUT2D eigenvalue weighted by atomic mass is 9.99. The van der Waals surface area contributed by atoms with Crippen LogP contribution < -0.4 is 4.72 Å². The standard InChI is InChI=1S/C20H24N2O3S/c1-15(22-11-10-17-6-3-4-7-19(17)14-22)13-21-26(24,25)20-9-5-8-18(12-20)16(2)23/h3-9,12,15,21H,10-11,13-14H2,1-2H3. The Morgan fingerprint density at radius 1 is 1.15 bits per heavy atom. The lowest BCUT2D eigenvalue weighted by Crippen LogP contribution is -2.44. The Morgan fingerprint density at radius 2 is 1.88 bits per heavy atom. The van der Waals surface area contributed by atoms with Crippen LogP contribution in [0, 0.1) is 0 Å². The minimum absolute atomic E-state index is 0.0779. The van der Waals surface area contributed by atoms with Crippen molar-refractivity contribution >= 4 is 15.8 Å². The Kier molecular flexibility index (Phi) is 5.55. The highest BCUT2D eigenvalue weighted by molar-refractivity contribution is 7.89. The molecule has 0 saturated heterocycles. The summed E-state index contributed by atoms with van der Waals surface area (Å²) in [6.45, 7) is 5.53. The highest BCUT2D eigenvalue weighted by Gasteiger charge is 2.22. The summed E-state index contributed by atoms with van der Waals surface area (Å²) in [7, 11) is -3.64. The molecule has 138 valence electrons. The Bertz CT molecular complexity index is 909. The van der Waals surface area contributed by atoms with Crippen LogP contribution in [0.4, 0.5) is 0 Å². The van der Waals surface area contributed by atoms with Gasteiger partial charge in [0.25, 0.3) is 0 Å². The molecule has 6 heteroatoms. The molecule has 1 heterocycles. The molecule has 0 radical (unpaired) electrons. The van der Waals surface area contributed by atoms with Crippen molar-refractivity contribution in [1.82, 2.24) is 9.62 Å². The van der Waals surface area contributed by atoms with Gasteiger partial charge in [-0.05, 0) is 43.5 Å². The molecule has 1 N–H and O–H groups in total. The highest BCUT2D eigenvalue weighted by Crippen LogP contribution is 2.20. The summed E-state index contributed by atoms with van der Waals surface area (Å²) < 4.78 is 27.8. The molecule has 2 aromatic carbocycles. The number of hydrogen-bond acceptors (Lipinski definition) is 4. The molecule has 2 aromatic rings.